The number of amides is 1. The number of methoxy groups -OCH3 is 1. The maximum Gasteiger partial charge on any atom is 0.243 e. The normalized spacial score (nSPS) is 19.9. The van der Waals surface area contributed by atoms with Crippen molar-refractivity contribution in [1.82, 2.24) is 4.57 Å². The Morgan fingerprint density at radius 3 is 2.38 bits per heavy atom. The van der Waals surface area contributed by atoms with Crippen LogP contribution in [0.3, 0.4) is 0 Å². The van der Waals surface area contributed by atoms with Gasteiger partial charge in [0, 0.05) is 45.9 Å². The summed E-state index contributed by atoms with van der Waals surface area (Å²) in [6.07, 6.45) is 2.21. The van der Waals surface area contributed by atoms with Gasteiger partial charge >= 0.3 is 0 Å². The Morgan fingerprint density at radius 1 is 0.906 bits per heavy atom. The van der Waals surface area contributed by atoms with Crippen LogP contribution in [0.25, 0.3) is 21.4 Å². The van der Waals surface area contributed by atoms with E-state index in [9.17, 15) is 4.79 Å². The third-order valence-electron chi connectivity index (χ3n) is 6.40. The molecule has 2 aliphatic rings. The van der Waals surface area contributed by atoms with Crippen molar-refractivity contribution in [3.05, 3.63) is 96.2 Å². The molecule has 0 radical (unpaired) electrons. The van der Waals surface area contributed by atoms with E-state index in [0.717, 1.165) is 17.0 Å². The molecule has 158 valence electrons. The van der Waals surface area contributed by atoms with E-state index in [2.05, 4.69) is 66.3 Å². The highest BCUT2D eigenvalue weighted by Gasteiger charge is 2.56. The molecule has 32 heavy (non-hydrogen) atoms. The van der Waals surface area contributed by atoms with Crippen LogP contribution < -0.4 is 9.64 Å². The standard InChI is InChI=1S/C27H22N2O2S/c1-28-16-21(20-10-6-7-11-22(20)28)23-24-26(32-25(23)17-8-4-3-5-9-17)27(30)29(24)18-12-14-19(31-2)15-13-18/h3-16,24,26H,1-2H3/t24-,26+/m1/s1. The lowest BCUT2D eigenvalue weighted by Gasteiger charge is -2.44. The van der Waals surface area contributed by atoms with Gasteiger partial charge in [-0.05, 0) is 35.9 Å². The summed E-state index contributed by atoms with van der Waals surface area (Å²) < 4.78 is 7.49. The number of aryl methyl sites for hydroxylation is 1. The molecular formula is C27H22N2O2S. The molecule has 6 rings (SSSR count). The summed E-state index contributed by atoms with van der Waals surface area (Å²) in [5.41, 5.74) is 5.70. The molecule has 5 heteroatoms. The van der Waals surface area contributed by atoms with E-state index in [1.165, 1.54) is 26.9 Å². The van der Waals surface area contributed by atoms with Gasteiger partial charge in [-0.1, -0.05) is 48.5 Å². The van der Waals surface area contributed by atoms with E-state index < -0.39 is 0 Å². The number of hydrogen-bond acceptors (Lipinski definition) is 3. The fourth-order valence-corrected chi connectivity index (χ4v) is 6.35. The summed E-state index contributed by atoms with van der Waals surface area (Å²) in [6.45, 7) is 0. The summed E-state index contributed by atoms with van der Waals surface area (Å²) in [5, 5.41) is 1.12. The number of carbonyl (C=O) groups excluding carboxylic acids is 1. The summed E-state index contributed by atoms with van der Waals surface area (Å²) >= 11 is 1.70. The van der Waals surface area contributed by atoms with Crippen molar-refractivity contribution < 1.29 is 9.53 Å². The zero-order chi connectivity index (χ0) is 21.8. The second-order valence-electron chi connectivity index (χ2n) is 8.17. The van der Waals surface area contributed by atoms with E-state index >= 15 is 0 Å². The molecule has 3 aromatic carbocycles. The van der Waals surface area contributed by atoms with Crippen LogP contribution in [-0.2, 0) is 11.8 Å². The number of rotatable bonds is 4. The van der Waals surface area contributed by atoms with Crippen molar-refractivity contribution in [1.29, 1.82) is 0 Å². The molecule has 3 heterocycles. The van der Waals surface area contributed by atoms with Crippen LogP contribution in [-0.4, -0.2) is 28.9 Å². The number of nitrogens with zero attached hydrogens (tertiary/aromatic N) is 2. The third kappa shape index (κ3) is 2.74. The maximum absolute atomic E-state index is 13.3. The predicted molar refractivity (Wildman–Crippen MR) is 132 cm³/mol. The van der Waals surface area contributed by atoms with E-state index in [4.69, 9.17) is 4.74 Å². The zero-order valence-corrected chi connectivity index (χ0v) is 18.7. The number of anilines is 1. The summed E-state index contributed by atoms with van der Waals surface area (Å²) in [7, 11) is 3.74. The molecular weight excluding hydrogens is 416 g/mol. The van der Waals surface area contributed by atoms with Crippen LogP contribution in [0.5, 0.6) is 5.75 Å². The Kier molecular flexibility index (Phi) is 4.40. The first kappa shape index (κ1) is 19.3. The van der Waals surface area contributed by atoms with Crippen LogP contribution in [0.2, 0.25) is 0 Å². The van der Waals surface area contributed by atoms with Gasteiger partial charge in [0.2, 0.25) is 5.91 Å². The van der Waals surface area contributed by atoms with Crippen LogP contribution in [0.1, 0.15) is 11.1 Å². The van der Waals surface area contributed by atoms with Crippen LogP contribution in [0.4, 0.5) is 5.69 Å². The minimum atomic E-state index is -0.0960. The first-order chi connectivity index (χ1) is 15.7. The average Bonchev–Trinajstić information content (AvgIpc) is 3.35. The van der Waals surface area contributed by atoms with Crippen LogP contribution >= 0.6 is 11.8 Å². The zero-order valence-electron chi connectivity index (χ0n) is 17.9. The van der Waals surface area contributed by atoms with Crippen molar-refractivity contribution in [2.24, 2.45) is 7.05 Å². The topological polar surface area (TPSA) is 34.5 Å². The van der Waals surface area contributed by atoms with Gasteiger partial charge < -0.3 is 14.2 Å². The number of hydrogen-bond donors (Lipinski definition) is 0. The number of ether oxygens (including phenoxy) is 1. The number of para-hydroxylation sites is 1. The molecule has 0 N–H and O–H groups in total. The lowest BCUT2D eigenvalue weighted by atomic mass is 9.86. The lowest BCUT2D eigenvalue weighted by molar-refractivity contribution is -0.122. The molecule has 0 spiro atoms. The fourth-order valence-electron chi connectivity index (χ4n) is 4.86. The van der Waals surface area contributed by atoms with E-state index in [1.54, 1.807) is 18.9 Å². The number of aromatic nitrogens is 1. The Morgan fingerprint density at radius 2 is 1.62 bits per heavy atom. The third-order valence-corrected chi connectivity index (χ3v) is 7.81. The van der Waals surface area contributed by atoms with E-state index in [0.29, 0.717) is 0 Å². The highest BCUT2D eigenvalue weighted by molar-refractivity contribution is 8.10. The lowest BCUT2D eigenvalue weighted by Crippen LogP contribution is -2.62. The molecule has 0 bridgehead atoms. The monoisotopic (exact) mass is 438 g/mol. The van der Waals surface area contributed by atoms with Crippen molar-refractivity contribution >= 4 is 44.7 Å². The van der Waals surface area contributed by atoms with Gasteiger partial charge in [-0.15, -0.1) is 11.8 Å². The van der Waals surface area contributed by atoms with Crippen molar-refractivity contribution in [3.8, 4) is 5.75 Å². The van der Waals surface area contributed by atoms with E-state index in [-0.39, 0.29) is 17.2 Å². The summed E-state index contributed by atoms with van der Waals surface area (Å²) in [6, 6.07) is 26.7. The number of fused-ring (bicyclic) bond motifs is 2. The smallest absolute Gasteiger partial charge is 0.243 e. The molecule has 0 unspecified atom stereocenters. The molecule has 4 nitrogen and oxygen atoms in total. The van der Waals surface area contributed by atoms with Gasteiger partial charge in [0.1, 0.15) is 11.0 Å². The fraction of sp³-hybridized carbons (Fsp3) is 0.148. The summed E-state index contributed by atoms with van der Waals surface area (Å²) in [4.78, 5) is 16.4. The Hall–Kier alpha value is -3.44. The highest BCUT2D eigenvalue weighted by Crippen LogP contribution is 2.57. The molecule has 2 atom stereocenters. The van der Waals surface area contributed by atoms with Crippen molar-refractivity contribution in [2.45, 2.75) is 11.3 Å². The molecule has 4 aromatic rings. The maximum atomic E-state index is 13.3. The summed E-state index contributed by atoms with van der Waals surface area (Å²) in [5.74, 6) is 0.947. The van der Waals surface area contributed by atoms with Gasteiger partial charge in [-0.3, -0.25) is 4.79 Å². The second kappa shape index (κ2) is 7.31. The van der Waals surface area contributed by atoms with Gasteiger partial charge in [0.05, 0.1) is 13.2 Å². The molecule has 2 aliphatic heterocycles. The quantitative estimate of drug-likeness (QED) is 0.390. The Labute approximate surface area is 191 Å². The van der Waals surface area contributed by atoms with Gasteiger partial charge in [0.15, 0.2) is 0 Å². The first-order valence-corrected chi connectivity index (χ1v) is 11.5. The van der Waals surface area contributed by atoms with Gasteiger partial charge in [-0.25, -0.2) is 0 Å². The Bertz CT molecular complexity index is 1370. The van der Waals surface area contributed by atoms with Crippen molar-refractivity contribution in [3.63, 3.8) is 0 Å². The largest absolute Gasteiger partial charge is 0.497 e. The number of benzene rings is 3. The van der Waals surface area contributed by atoms with Gasteiger partial charge in [0.25, 0.3) is 0 Å². The second-order valence-corrected chi connectivity index (χ2v) is 9.32. The number of thioether (sulfide) groups is 1. The first-order valence-electron chi connectivity index (χ1n) is 10.6. The van der Waals surface area contributed by atoms with Crippen LogP contribution in [0.15, 0.2) is 85.1 Å². The minimum absolute atomic E-state index is 0.00177. The van der Waals surface area contributed by atoms with Gasteiger partial charge in [-0.2, -0.15) is 0 Å². The molecule has 1 amide bonds. The average molecular weight is 439 g/mol. The van der Waals surface area contributed by atoms with Crippen LogP contribution in [0, 0.1) is 0 Å². The van der Waals surface area contributed by atoms with Crippen molar-refractivity contribution in [2.75, 3.05) is 12.0 Å². The molecule has 1 saturated heterocycles. The highest BCUT2D eigenvalue weighted by atomic mass is 32.2. The SMILES string of the molecule is COc1ccc(N2C(=O)[C@H]3SC(c4ccccc4)=C(c4cn(C)c5ccccc45)[C@H]32)cc1. The number of β-lactam (4-membered cyclic amide) rings is 1. The van der Waals surface area contributed by atoms with E-state index in [1.807, 2.05) is 35.2 Å². The molecule has 1 fully saturated rings. The molecule has 0 aliphatic carbocycles. The number of carbonyl (C=O) groups is 1. The molecule has 1 aromatic heterocycles. The molecule has 0 saturated carbocycles. The minimum Gasteiger partial charge on any atom is -0.497 e. The Balaban J connectivity index is 1.55. The predicted octanol–water partition coefficient (Wildman–Crippen LogP) is 5.59.